The average Bonchev–Trinajstić information content (AvgIpc) is 2.64. The van der Waals surface area contributed by atoms with Crippen LogP contribution in [0.5, 0.6) is 17.2 Å². The highest BCUT2D eigenvalue weighted by Crippen LogP contribution is 2.24. The predicted molar refractivity (Wildman–Crippen MR) is 101 cm³/mol. The standard InChI is InChI=1S/C21H18O3Si/c1-2-18-25(22-19-12-6-3-7-13-19,23-20-14-8-4-9-15-20)24-21-16-10-5-11-17-21/h3-18H,1H2. The van der Waals surface area contributed by atoms with Crippen molar-refractivity contribution in [2.24, 2.45) is 0 Å². The summed E-state index contributed by atoms with van der Waals surface area (Å²) in [6.45, 7) is 3.68. The van der Waals surface area contributed by atoms with Crippen LogP contribution >= 0.6 is 0 Å². The molecule has 0 saturated heterocycles. The molecule has 0 aromatic heterocycles. The van der Waals surface area contributed by atoms with Crippen LogP contribution in [-0.2, 0) is 0 Å². The van der Waals surface area contributed by atoms with Gasteiger partial charge in [0.15, 0.2) is 0 Å². The van der Waals surface area contributed by atoms with E-state index in [4.69, 9.17) is 13.3 Å². The molecule has 4 heteroatoms. The van der Waals surface area contributed by atoms with Gasteiger partial charge in [-0.05, 0) is 36.4 Å². The van der Waals surface area contributed by atoms with Crippen molar-refractivity contribution in [3.05, 3.63) is 109 Å². The second-order valence-corrected chi connectivity index (χ2v) is 7.31. The summed E-state index contributed by atoms with van der Waals surface area (Å²) in [6.07, 6.45) is 0. The van der Waals surface area contributed by atoms with E-state index in [0.29, 0.717) is 17.2 Å². The zero-order valence-electron chi connectivity index (χ0n) is 13.7. The smallest absolute Gasteiger partial charge is 0.480 e. The fraction of sp³-hybridized carbons (Fsp3) is 0. The van der Waals surface area contributed by atoms with Crippen molar-refractivity contribution in [1.29, 1.82) is 0 Å². The predicted octanol–water partition coefficient (Wildman–Crippen LogP) is 5.04. The number of hydrogen-bond acceptors (Lipinski definition) is 3. The van der Waals surface area contributed by atoms with Crippen LogP contribution in [0, 0.1) is 0 Å². The van der Waals surface area contributed by atoms with Gasteiger partial charge < -0.3 is 13.3 Å². The Bertz CT molecular complexity index is 727. The van der Waals surface area contributed by atoms with Gasteiger partial charge in [-0.15, -0.1) is 5.73 Å². The Hall–Kier alpha value is -3.20. The van der Waals surface area contributed by atoms with E-state index in [2.05, 4.69) is 12.3 Å². The first-order valence-corrected chi connectivity index (χ1v) is 9.69. The summed E-state index contributed by atoms with van der Waals surface area (Å²) in [5.74, 6) is 1.98. The molecule has 0 N–H and O–H groups in total. The van der Waals surface area contributed by atoms with Crippen LogP contribution in [0.25, 0.3) is 0 Å². The van der Waals surface area contributed by atoms with E-state index in [9.17, 15) is 0 Å². The summed E-state index contributed by atoms with van der Waals surface area (Å²) < 4.78 is 18.6. The first-order chi connectivity index (χ1) is 12.3. The van der Waals surface area contributed by atoms with E-state index in [-0.39, 0.29) is 0 Å². The molecule has 0 spiro atoms. The van der Waals surface area contributed by atoms with Crippen molar-refractivity contribution in [3.8, 4) is 17.2 Å². The molecule has 0 aliphatic carbocycles. The molecule has 0 aliphatic rings. The van der Waals surface area contributed by atoms with Crippen LogP contribution < -0.4 is 13.3 Å². The Balaban J connectivity index is 1.98. The van der Waals surface area contributed by atoms with E-state index < -0.39 is 8.80 Å². The van der Waals surface area contributed by atoms with Crippen molar-refractivity contribution < 1.29 is 13.3 Å². The molecule has 0 saturated carbocycles. The van der Waals surface area contributed by atoms with E-state index in [0.717, 1.165) is 0 Å². The number of benzene rings is 3. The topological polar surface area (TPSA) is 27.7 Å². The lowest BCUT2D eigenvalue weighted by Gasteiger charge is -2.27. The lowest BCUT2D eigenvalue weighted by Crippen LogP contribution is -2.53. The lowest BCUT2D eigenvalue weighted by molar-refractivity contribution is 0.279. The van der Waals surface area contributed by atoms with Crippen LogP contribution in [0.1, 0.15) is 0 Å². The highest BCUT2D eigenvalue weighted by atomic mass is 28.4. The number of rotatable bonds is 7. The van der Waals surface area contributed by atoms with Crippen molar-refractivity contribution in [3.63, 3.8) is 0 Å². The number of para-hydroxylation sites is 3. The van der Waals surface area contributed by atoms with Gasteiger partial charge in [0.25, 0.3) is 0 Å². The maximum Gasteiger partial charge on any atom is 0.737 e. The summed E-state index contributed by atoms with van der Waals surface area (Å²) >= 11 is 0. The van der Waals surface area contributed by atoms with Gasteiger partial charge in [-0.1, -0.05) is 61.2 Å². The molecule has 0 amide bonds. The third-order valence-corrected chi connectivity index (χ3v) is 5.41. The van der Waals surface area contributed by atoms with Gasteiger partial charge in [0.1, 0.15) is 17.2 Å². The molecule has 0 aliphatic heterocycles. The van der Waals surface area contributed by atoms with Crippen molar-refractivity contribution in [2.45, 2.75) is 0 Å². The summed E-state index contributed by atoms with van der Waals surface area (Å²) in [5, 5.41) is 0. The first-order valence-electron chi connectivity index (χ1n) is 7.89. The highest BCUT2D eigenvalue weighted by molar-refractivity contribution is 6.68. The largest absolute Gasteiger partial charge is 0.737 e. The van der Waals surface area contributed by atoms with Crippen molar-refractivity contribution in [2.75, 3.05) is 0 Å². The number of hydrogen-bond donors (Lipinski definition) is 0. The zero-order chi connectivity index (χ0) is 17.4. The monoisotopic (exact) mass is 346 g/mol. The normalized spacial score (nSPS) is 10.4. The molecule has 25 heavy (non-hydrogen) atoms. The Morgan fingerprint density at radius 3 is 1.20 bits per heavy atom. The average molecular weight is 346 g/mol. The molecule has 3 aromatic rings. The SMILES string of the molecule is C=C=C[Si](Oc1ccccc1)(Oc1ccccc1)Oc1ccccc1. The summed E-state index contributed by atoms with van der Waals surface area (Å²) in [6, 6.07) is 28.4. The maximum absolute atomic E-state index is 6.19. The van der Waals surface area contributed by atoms with Gasteiger partial charge in [-0.25, -0.2) is 0 Å². The third kappa shape index (κ3) is 4.64. The molecule has 0 radical (unpaired) electrons. The summed E-state index contributed by atoms with van der Waals surface area (Å²) in [4.78, 5) is 0. The second kappa shape index (κ2) is 8.06. The van der Waals surface area contributed by atoms with Gasteiger partial charge in [0.2, 0.25) is 0 Å². The van der Waals surface area contributed by atoms with Crippen LogP contribution in [-0.4, -0.2) is 8.80 Å². The van der Waals surface area contributed by atoms with Crippen LogP contribution in [0.4, 0.5) is 0 Å². The third-order valence-electron chi connectivity index (χ3n) is 3.29. The molecule has 3 rings (SSSR count). The Morgan fingerprint density at radius 1 is 0.600 bits per heavy atom. The lowest BCUT2D eigenvalue weighted by atomic mass is 10.3. The van der Waals surface area contributed by atoms with Gasteiger partial charge in [-0.2, -0.15) is 0 Å². The van der Waals surface area contributed by atoms with Gasteiger partial charge in [0, 0.05) is 0 Å². The highest BCUT2D eigenvalue weighted by Gasteiger charge is 2.47. The first kappa shape index (κ1) is 16.6. The van der Waals surface area contributed by atoms with Crippen molar-refractivity contribution >= 4 is 8.80 Å². The molecular weight excluding hydrogens is 328 g/mol. The van der Waals surface area contributed by atoms with Crippen LogP contribution in [0.3, 0.4) is 0 Å². The molecule has 0 atom stereocenters. The van der Waals surface area contributed by atoms with E-state index in [1.165, 1.54) is 0 Å². The van der Waals surface area contributed by atoms with Gasteiger partial charge in [0.05, 0.1) is 5.70 Å². The fourth-order valence-electron chi connectivity index (χ4n) is 2.23. The molecule has 3 aromatic carbocycles. The Morgan fingerprint density at radius 2 is 0.920 bits per heavy atom. The van der Waals surface area contributed by atoms with Gasteiger partial charge in [-0.3, -0.25) is 0 Å². The van der Waals surface area contributed by atoms with Gasteiger partial charge >= 0.3 is 8.80 Å². The maximum atomic E-state index is 6.19. The molecule has 0 heterocycles. The quantitative estimate of drug-likeness (QED) is 0.443. The van der Waals surface area contributed by atoms with E-state index in [1.54, 1.807) is 5.70 Å². The molecule has 124 valence electrons. The molecule has 0 unspecified atom stereocenters. The minimum absolute atomic E-state index is 0.660. The van der Waals surface area contributed by atoms with E-state index in [1.807, 2.05) is 91.0 Å². The molecule has 3 nitrogen and oxygen atoms in total. The fourth-order valence-corrected chi connectivity index (χ4v) is 4.18. The molecule has 0 fully saturated rings. The zero-order valence-corrected chi connectivity index (χ0v) is 14.7. The Labute approximate surface area is 148 Å². The minimum atomic E-state index is -3.32. The molecular formula is C21H18O3Si. The Kier molecular flexibility index (Phi) is 5.37. The second-order valence-electron chi connectivity index (χ2n) is 5.20. The van der Waals surface area contributed by atoms with E-state index >= 15 is 0 Å². The minimum Gasteiger partial charge on any atom is -0.480 e. The summed E-state index contributed by atoms with van der Waals surface area (Å²) in [5.41, 5.74) is 4.43. The molecule has 0 bridgehead atoms. The van der Waals surface area contributed by atoms with Crippen LogP contribution in [0.15, 0.2) is 109 Å². The van der Waals surface area contributed by atoms with Crippen molar-refractivity contribution in [1.82, 2.24) is 0 Å². The van der Waals surface area contributed by atoms with Crippen LogP contribution in [0.2, 0.25) is 0 Å². The summed E-state index contributed by atoms with van der Waals surface area (Å²) in [7, 11) is -3.32.